The average Bonchev–Trinajstić information content (AvgIpc) is 3.06. The predicted octanol–water partition coefficient (Wildman–Crippen LogP) is 2.79. The second-order valence-corrected chi connectivity index (χ2v) is 5.33. The van der Waals surface area contributed by atoms with Crippen LogP contribution >= 0.6 is 0 Å². The fourth-order valence-corrected chi connectivity index (χ4v) is 2.44. The molecule has 0 bridgehead atoms. The first kappa shape index (κ1) is 16.3. The van der Waals surface area contributed by atoms with E-state index in [1.165, 1.54) is 0 Å². The Morgan fingerprint density at radius 1 is 1.40 bits per heavy atom. The van der Waals surface area contributed by atoms with Gasteiger partial charge in [-0.2, -0.15) is 5.26 Å². The molecule has 3 rings (SSSR count). The molecule has 0 saturated carbocycles. The number of ether oxygens (including phenoxy) is 1. The van der Waals surface area contributed by atoms with Crippen molar-refractivity contribution < 1.29 is 9.53 Å². The van der Waals surface area contributed by atoms with Crippen molar-refractivity contribution in [2.45, 2.75) is 6.54 Å². The van der Waals surface area contributed by atoms with E-state index in [9.17, 15) is 10.1 Å². The molecule has 0 unspecified atom stereocenters. The summed E-state index contributed by atoms with van der Waals surface area (Å²) in [5, 5.41) is 12.9. The first-order chi connectivity index (χ1) is 12.2. The zero-order valence-corrected chi connectivity index (χ0v) is 13.6. The van der Waals surface area contributed by atoms with Gasteiger partial charge in [0.1, 0.15) is 17.4 Å². The summed E-state index contributed by atoms with van der Waals surface area (Å²) in [5.41, 5.74) is 2.40. The van der Waals surface area contributed by atoms with Crippen LogP contribution in [0.4, 0.5) is 0 Å². The number of hydrogen-bond donors (Lipinski definition) is 2. The van der Waals surface area contributed by atoms with Gasteiger partial charge in [0, 0.05) is 28.9 Å². The lowest BCUT2D eigenvalue weighted by atomic mass is 10.1. The number of carbonyl (C=O) groups excluding carboxylic acids is 1. The molecule has 0 spiro atoms. The summed E-state index contributed by atoms with van der Waals surface area (Å²) in [4.78, 5) is 19.5. The maximum Gasteiger partial charge on any atom is 0.262 e. The Balaban J connectivity index is 1.82. The third-order valence-electron chi connectivity index (χ3n) is 3.74. The van der Waals surface area contributed by atoms with E-state index < -0.39 is 5.91 Å². The third kappa shape index (κ3) is 3.67. The first-order valence-electron chi connectivity index (χ1n) is 7.66. The van der Waals surface area contributed by atoms with E-state index in [4.69, 9.17) is 4.74 Å². The number of nitrogens with one attached hydrogen (secondary N) is 2. The zero-order chi connectivity index (χ0) is 17.6. The Labute approximate surface area is 144 Å². The van der Waals surface area contributed by atoms with Crippen LogP contribution in [-0.4, -0.2) is 23.0 Å². The normalized spacial score (nSPS) is 11.1. The molecule has 0 radical (unpaired) electrons. The Morgan fingerprint density at radius 2 is 2.28 bits per heavy atom. The van der Waals surface area contributed by atoms with Crippen molar-refractivity contribution in [1.82, 2.24) is 15.3 Å². The van der Waals surface area contributed by atoms with Crippen molar-refractivity contribution in [3.8, 4) is 11.8 Å². The highest BCUT2D eigenvalue weighted by Gasteiger charge is 2.11. The zero-order valence-electron chi connectivity index (χ0n) is 13.6. The fraction of sp³-hybridized carbons (Fsp3) is 0.105. The molecule has 1 aromatic carbocycles. The second kappa shape index (κ2) is 7.32. The molecule has 0 aliphatic heterocycles. The molecule has 2 heterocycles. The summed E-state index contributed by atoms with van der Waals surface area (Å²) in [6.45, 7) is 0.264. The quantitative estimate of drug-likeness (QED) is 0.555. The number of benzene rings is 1. The van der Waals surface area contributed by atoms with Gasteiger partial charge in [-0.25, -0.2) is 0 Å². The van der Waals surface area contributed by atoms with Crippen LogP contribution in [0.2, 0.25) is 0 Å². The van der Waals surface area contributed by atoms with Crippen LogP contribution < -0.4 is 10.1 Å². The van der Waals surface area contributed by atoms with Crippen LogP contribution in [0.25, 0.3) is 17.0 Å². The van der Waals surface area contributed by atoms with Gasteiger partial charge in [-0.1, -0.05) is 6.07 Å². The van der Waals surface area contributed by atoms with Crippen molar-refractivity contribution in [3.63, 3.8) is 0 Å². The molecule has 0 saturated heterocycles. The number of aromatic amines is 1. The summed E-state index contributed by atoms with van der Waals surface area (Å²) in [6, 6.07) is 13.0. The van der Waals surface area contributed by atoms with Gasteiger partial charge in [-0.05, 0) is 36.4 Å². The average molecular weight is 332 g/mol. The van der Waals surface area contributed by atoms with E-state index in [-0.39, 0.29) is 12.1 Å². The van der Waals surface area contributed by atoms with Crippen LogP contribution in [0, 0.1) is 11.3 Å². The van der Waals surface area contributed by atoms with E-state index in [1.807, 2.05) is 36.4 Å². The minimum absolute atomic E-state index is 0.0275. The number of carbonyl (C=O) groups is 1. The molecule has 0 aliphatic rings. The second-order valence-electron chi connectivity index (χ2n) is 5.33. The summed E-state index contributed by atoms with van der Waals surface area (Å²) >= 11 is 0. The number of nitriles is 1. The van der Waals surface area contributed by atoms with Gasteiger partial charge in [0.25, 0.3) is 5.91 Å². The van der Waals surface area contributed by atoms with Gasteiger partial charge in [-0.3, -0.25) is 9.78 Å². The topological polar surface area (TPSA) is 90.8 Å². The number of aromatic nitrogens is 2. The minimum Gasteiger partial charge on any atom is -0.497 e. The van der Waals surface area contributed by atoms with Crippen LogP contribution in [0.15, 0.2) is 54.4 Å². The highest BCUT2D eigenvalue weighted by molar-refractivity contribution is 6.04. The van der Waals surface area contributed by atoms with Crippen molar-refractivity contribution in [1.29, 1.82) is 5.26 Å². The third-order valence-corrected chi connectivity index (χ3v) is 3.74. The predicted molar refractivity (Wildman–Crippen MR) is 94.5 cm³/mol. The van der Waals surface area contributed by atoms with Crippen LogP contribution in [-0.2, 0) is 11.3 Å². The number of H-pyrrole nitrogens is 1. The number of hydrogen-bond acceptors (Lipinski definition) is 4. The number of methoxy groups -OCH3 is 1. The summed E-state index contributed by atoms with van der Waals surface area (Å²) < 4.78 is 5.23. The molecule has 25 heavy (non-hydrogen) atoms. The van der Waals surface area contributed by atoms with Crippen LogP contribution in [0.5, 0.6) is 5.75 Å². The van der Waals surface area contributed by atoms with Gasteiger partial charge in [0.05, 0.1) is 19.3 Å². The number of fused-ring (bicyclic) bond motifs is 1. The monoisotopic (exact) mass is 332 g/mol. The van der Waals surface area contributed by atoms with Crippen molar-refractivity contribution in [2.75, 3.05) is 7.11 Å². The SMILES string of the molecule is COc1ccc2[nH]cc(C=C(C#N)C(=O)NCc3ccccn3)c2c1. The number of pyridine rings is 1. The van der Waals surface area contributed by atoms with E-state index >= 15 is 0 Å². The lowest BCUT2D eigenvalue weighted by molar-refractivity contribution is -0.117. The molecule has 124 valence electrons. The molecule has 2 N–H and O–H groups in total. The van der Waals surface area contributed by atoms with Crippen molar-refractivity contribution in [2.24, 2.45) is 0 Å². The summed E-state index contributed by atoms with van der Waals surface area (Å²) in [7, 11) is 1.59. The smallest absolute Gasteiger partial charge is 0.262 e. The molecule has 6 heteroatoms. The van der Waals surface area contributed by atoms with E-state index in [0.717, 1.165) is 22.2 Å². The number of amides is 1. The van der Waals surface area contributed by atoms with Crippen molar-refractivity contribution >= 4 is 22.9 Å². The highest BCUT2D eigenvalue weighted by atomic mass is 16.5. The summed E-state index contributed by atoms with van der Waals surface area (Å²) in [5.74, 6) is 0.269. The van der Waals surface area contributed by atoms with Gasteiger partial charge in [-0.15, -0.1) is 0 Å². The summed E-state index contributed by atoms with van der Waals surface area (Å²) in [6.07, 6.45) is 4.97. The molecule has 6 nitrogen and oxygen atoms in total. The van der Waals surface area contributed by atoms with E-state index in [2.05, 4.69) is 15.3 Å². The molecule has 0 atom stereocenters. The van der Waals surface area contributed by atoms with Gasteiger partial charge in [0.2, 0.25) is 0 Å². The molecule has 1 amide bonds. The van der Waals surface area contributed by atoms with Crippen LogP contribution in [0.3, 0.4) is 0 Å². The number of nitrogens with zero attached hydrogens (tertiary/aromatic N) is 2. The molecule has 2 aromatic heterocycles. The van der Waals surface area contributed by atoms with Gasteiger partial charge < -0.3 is 15.0 Å². The Hall–Kier alpha value is -3.59. The van der Waals surface area contributed by atoms with Crippen LogP contribution in [0.1, 0.15) is 11.3 Å². The largest absolute Gasteiger partial charge is 0.497 e. The minimum atomic E-state index is -0.439. The van der Waals surface area contributed by atoms with Crippen molar-refractivity contribution in [3.05, 3.63) is 65.6 Å². The van der Waals surface area contributed by atoms with E-state index in [0.29, 0.717) is 5.75 Å². The molecular formula is C19H16N4O2. The molecule has 0 fully saturated rings. The lowest BCUT2D eigenvalue weighted by Crippen LogP contribution is -2.24. The standard InChI is InChI=1S/C19H16N4O2/c1-25-16-5-6-18-17(9-16)14(11-22-18)8-13(10-20)19(24)23-12-15-4-2-3-7-21-15/h2-9,11,22H,12H2,1H3,(H,23,24). The van der Waals surface area contributed by atoms with E-state index in [1.54, 1.807) is 31.6 Å². The molecular weight excluding hydrogens is 316 g/mol. The molecule has 0 aliphatic carbocycles. The molecule has 3 aromatic rings. The maximum atomic E-state index is 12.3. The fourth-order valence-electron chi connectivity index (χ4n) is 2.44. The first-order valence-corrected chi connectivity index (χ1v) is 7.66. The highest BCUT2D eigenvalue weighted by Crippen LogP contribution is 2.25. The Morgan fingerprint density at radius 3 is 3.00 bits per heavy atom. The van der Waals surface area contributed by atoms with Gasteiger partial charge in [0.15, 0.2) is 0 Å². The van der Waals surface area contributed by atoms with Gasteiger partial charge >= 0.3 is 0 Å². The Kier molecular flexibility index (Phi) is 4.77. The Bertz CT molecular complexity index is 968. The maximum absolute atomic E-state index is 12.3. The lowest BCUT2D eigenvalue weighted by Gasteiger charge is -2.04. The number of rotatable bonds is 5.